The van der Waals surface area contributed by atoms with Gasteiger partial charge in [0.25, 0.3) is 5.56 Å². The molecule has 0 atom stereocenters. The average Bonchev–Trinajstić information content (AvgIpc) is 2.50. The molecule has 5 heteroatoms. The molecular formula is C17H20N2O3. The molecule has 0 saturated carbocycles. The van der Waals surface area contributed by atoms with Gasteiger partial charge in [0.05, 0.1) is 6.61 Å². The first kappa shape index (κ1) is 15.8. The Hall–Kier alpha value is -2.56. The van der Waals surface area contributed by atoms with E-state index in [1.165, 1.54) is 4.57 Å². The van der Waals surface area contributed by atoms with E-state index in [4.69, 9.17) is 4.74 Å². The molecule has 0 aliphatic carbocycles. The molecule has 1 N–H and O–H groups in total. The van der Waals surface area contributed by atoms with Crippen LogP contribution in [-0.2, 0) is 11.3 Å². The fourth-order valence-corrected chi connectivity index (χ4v) is 1.95. The molecule has 5 nitrogen and oxygen atoms in total. The van der Waals surface area contributed by atoms with Crippen LogP contribution in [0.25, 0.3) is 0 Å². The number of nitrogens with one attached hydrogen (secondary N) is 1. The molecule has 2 aromatic rings. The maximum absolute atomic E-state index is 12.2. The summed E-state index contributed by atoms with van der Waals surface area (Å²) in [6, 6.07) is 10.8. The largest absolute Gasteiger partial charge is 0.488 e. The number of benzene rings is 1. The maximum Gasteiger partial charge on any atom is 0.293 e. The molecule has 0 spiro atoms. The van der Waals surface area contributed by atoms with Crippen LogP contribution in [0.3, 0.4) is 0 Å². The summed E-state index contributed by atoms with van der Waals surface area (Å²) in [5.74, 6) is 0.0195. The zero-order chi connectivity index (χ0) is 15.9. The Bertz CT molecular complexity index is 690. The second-order valence-corrected chi connectivity index (χ2v) is 5.07. The molecule has 2 rings (SSSR count). The van der Waals surface area contributed by atoms with Gasteiger partial charge in [-0.3, -0.25) is 9.59 Å². The Balaban J connectivity index is 2.05. The van der Waals surface area contributed by atoms with Crippen LogP contribution in [0.5, 0.6) is 5.75 Å². The highest BCUT2D eigenvalue weighted by molar-refractivity contribution is 5.90. The summed E-state index contributed by atoms with van der Waals surface area (Å²) < 4.78 is 6.72. The van der Waals surface area contributed by atoms with Crippen molar-refractivity contribution in [2.45, 2.75) is 26.8 Å². The van der Waals surface area contributed by atoms with E-state index in [1.54, 1.807) is 18.3 Å². The molecule has 1 amide bonds. The first-order valence-electron chi connectivity index (χ1n) is 7.29. The minimum atomic E-state index is -0.296. The minimum absolute atomic E-state index is 0.0456. The molecule has 1 aromatic carbocycles. The Morgan fingerprint density at radius 3 is 2.64 bits per heavy atom. The van der Waals surface area contributed by atoms with E-state index in [1.807, 2.05) is 38.1 Å². The summed E-state index contributed by atoms with van der Waals surface area (Å²) in [5, 5.41) is 2.77. The van der Waals surface area contributed by atoms with Gasteiger partial charge >= 0.3 is 0 Å². The molecule has 116 valence electrons. The van der Waals surface area contributed by atoms with E-state index in [0.717, 1.165) is 12.0 Å². The first-order chi connectivity index (χ1) is 10.6. The van der Waals surface area contributed by atoms with Gasteiger partial charge in [0.15, 0.2) is 5.75 Å². The van der Waals surface area contributed by atoms with Gasteiger partial charge in [-0.2, -0.15) is 0 Å². The number of anilines is 1. The van der Waals surface area contributed by atoms with Crippen LogP contribution in [0.1, 0.15) is 18.9 Å². The highest BCUT2D eigenvalue weighted by atomic mass is 16.5. The van der Waals surface area contributed by atoms with Crippen molar-refractivity contribution in [1.82, 2.24) is 4.57 Å². The Morgan fingerprint density at radius 1 is 1.23 bits per heavy atom. The molecular weight excluding hydrogens is 280 g/mol. The predicted octanol–water partition coefficient (Wildman–Crippen LogP) is 2.58. The number of carbonyl (C=O) groups excluding carboxylic acids is 1. The smallest absolute Gasteiger partial charge is 0.293 e. The third-order valence-electron chi connectivity index (χ3n) is 3.10. The average molecular weight is 300 g/mol. The molecule has 22 heavy (non-hydrogen) atoms. The topological polar surface area (TPSA) is 60.3 Å². The van der Waals surface area contributed by atoms with E-state index >= 15 is 0 Å². The number of amides is 1. The number of pyridine rings is 1. The number of nitrogens with zero attached hydrogens (tertiary/aromatic N) is 1. The second-order valence-electron chi connectivity index (χ2n) is 5.07. The maximum atomic E-state index is 12.2. The number of ether oxygens (including phenoxy) is 1. The van der Waals surface area contributed by atoms with Gasteiger partial charge in [0.1, 0.15) is 6.54 Å². The van der Waals surface area contributed by atoms with Crippen molar-refractivity contribution in [2.75, 3.05) is 11.9 Å². The summed E-state index contributed by atoms with van der Waals surface area (Å²) >= 11 is 0. The lowest BCUT2D eigenvalue weighted by atomic mass is 10.2. The van der Waals surface area contributed by atoms with E-state index in [0.29, 0.717) is 12.3 Å². The van der Waals surface area contributed by atoms with Crippen LogP contribution < -0.4 is 15.6 Å². The molecule has 0 fully saturated rings. The van der Waals surface area contributed by atoms with Crippen molar-refractivity contribution >= 4 is 11.6 Å². The lowest BCUT2D eigenvalue weighted by molar-refractivity contribution is -0.116. The normalized spacial score (nSPS) is 10.3. The van der Waals surface area contributed by atoms with Gasteiger partial charge in [-0.15, -0.1) is 0 Å². The van der Waals surface area contributed by atoms with Gasteiger partial charge in [-0.05, 0) is 37.6 Å². The molecule has 0 unspecified atom stereocenters. The summed E-state index contributed by atoms with van der Waals surface area (Å²) in [6.07, 6.45) is 2.40. The van der Waals surface area contributed by atoms with Crippen molar-refractivity contribution in [3.05, 3.63) is 58.5 Å². The predicted molar refractivity (Wildman–Crippen MR) is 86.3 cm³/mol. The highest BCUT2D eigenvalue weighted by Gasteiger charge is 2.08. The summed E-state index contributed by atoms with van der Waals surface area (Å²) in [5.41, 5.74) is 1.53. The molecule has 0 radical (unpaired) electrons. The quantitative estimate of drug-likeness (QED) is 0.892. The van der Waals surface area contributed by atoms with Crippen LogP contribution in [0.4, 0.5) is 5.69 Å². The van der Waals surface area contributed by atoms with Gasteiger partial charge in [-0.25, -0.2) is 0 Å². The first-order valence-corrected chi connectivity index (χ1v) is 7.29. The molecule has 0 bridgehead atoms. The van der Waals surface area contributed by atoms with Crippen LogP contribution in [0, 0.1) is 6.92 Å². The number of hydrogen-bond acceptors (Lipinski definition) is 3. The third-order valence-corrected chi connectivity index (χ3v) is 3.10. The Morgan fingerprint density at radius 2 is 1.95 bits per heavy atom. The Labute approximate surface area is 129 Å². The van der Waals surface area contributed by atoms with Crippen LogP contribution in [0.2, 0.25) is 0 Å². The van der Waals surface area contributed by atoms with Crippen molar-refractivity contribution in [1.29, 1.82) is 0 Å². The summed E-state index contributed by atoms with van der Waals surface area (Å²) in [6.45, 7) is 4.38. The van der Waals surface area contributed by atoms with Crippen LogP contribution in [-0.4, -0.2) is 17.1 Å². The zero-order valence-corrected chi connectivity index (χ0v) is 12.8. The van der Waals surface area contributed by atoms with E-state index in [-0.39, 0.29) is 23.8 Å². The SMILES string of the molecule is CCCOc1cccn(CC(=O)Nc2ccc(C)cc2)c1=O. The zero-order valence-electron chi connectivity index (χ0n) is 12.8. The van der Waals surface area contributed by atoms with Gasteiger partial charge in [0.2, 0.25) is 5.91 Å². The van der Waals surface area contributed by atoms with Gasteiger partial charge in [0, 0.05) is 11.9 Å². The van der Waals surface area contributed by atoms with E-state index in [2.05, 4.69) is 5.32 Å². The molecule has 1 aromatic heterocycles. The number of rotatable bonds is 6. The van der Waals surface area contributed by atoms with Gasteiger partial charge in [-0.1, -0.05) is 24.6 Å². The lowest BCUT2D eigenvalue weighted by Gasteiger charge is -2.09. The fraction of sp³-hybridized carbons (Fsp3) is 0.294. The molecule has 1 heterocycles. The van der Waals surface area contributed by atoms with Gasteiger partial charge < -0.3 is 14.6 Å². The molecule has 0 aliphatic heterocycles. The summed E-state index contributed by atoms with van der Waals surface area (Å²) in [7, 11) is 0. The highest BCUT2D eigenvalue weighted by Crippen LogP contribution is 2.09. The van der Waals surface area contributed by atoms with Crippen LogP contribution >= 0.6 is 0 Å². The van der Waals surface area contributed by atoms with Crippen molar-refractivity contribution in [3.63, 3.8) is 0 Å². The number of carbonyl (C=O) groups is 1. The lowest BCUT2D eigenvalue weighted by Crippen LogP contribution is -2.28. The number of aryl methyl sites for hydroxylation is 1. The van der Waals surface area contributed by atoms with Crippen molar-refractivity contribution in [3.8, 4) is 5.75 Å². The third kappa shape index (κ3) is 4.22. The number of hydrogen-bond donors (Lipinski definition) is 1. The second kappa shape index (κ2) is 7.45. The fourth-order valence-electron chi connectivity index (χ4n) is 1.95. The minimum Gasteiger partial charge on any atom is -0.488 e. The molecule has 0 aliphatic rings. The molecule has 0 saturated heterocycles. The van der Waals surface area contributed by atoms with Crippen LogP contribution in [0.15, 0.2) is 47.4 Å². The van der Waals surface area contributed by atoms with Crippen molar-refractivity contribution in [2.24, 2.45) is 0 Å². The van der Waals surface area contributed by atoms with E-state index in [9.17, 15) is 9.59 Å². The van der Waals surface area contributed by atoms with Crippen molar-refractivity contribution < 1.29 is 9.53 Å². The Kier molecular flexibility index (Phi) is 5.36. The van der Waals surface area contributed by atoms with E-state index < -0.39 is 0 Å². The number of aromatic nitrogens is 1. The monoisotopic (exact) mass is 300 g/mol. The summed E-state index contributed by atoms with van der Waals surface area (Å²) in [4.78, 5) is 24.2. The standard InChI is InChI=1S/C17H20N2O3/c1-3-11-22-15-5-4-10-19(17(15)21)12-16(20)18-14-8-6-13(2)7-9-14/h4-10H,3,11-12H2,1-2H3,(H,18,20).